The van der Waals surface area contributed by atoms with Gasteiger partial charge in [0.15, 0.2) is 5.16 Å². The third kappa shape index (κ3) is 2.10. The lowest BCUT2D eigenvalue weighted by atomic mass is 10.3. The lowest BCUT2D eigenvalue weighted by molar-refractivity contribution is 1.06. The van der Waals surface area contributed by atoms with Crippen LogP contribution in [0, 0.1) is 0 Å². The zero-order valence-corrected chi connectivity index (χ0v) is 9.60. The summed E-state index contributed by atoms with van der Waals surface area (Å²) in [4.78, 5) is 8.13. The summed E-state index contributed by atoms with van der Waals surface area (Å²) in [5, 5.41) is 0.842. The summed E-state index contributed by atoms with van der Waals surface area (Å²) < 4.78 is 1.01. The van der Waals surface area contributed by atoms with E-state index in [1.165, 1.54) is 11.8 Å². The van der Waals surface area contributed by atoms with Crippen molar-refractivity contribution in [1.29, 1.82) is 0 Å². The SMILES string of the molecule is Nc1ccc(Br)cc1Sc1ncc[nH]1. The highest BCUT2D eigenvalue weighted by atomic mass is 79.9. The number of aromatic nitrogens is 2. The van der Waals surface area contributed by atoms with Gasteiger partial charge in [-0.05, 0) is 30.0 Å². The second-order valence-corrected chi connectivity index (χ2v) is 4.62. The van der Waals surface area contributed by atoms with E-state index in [1.54, 1.807) is 12.4 Å². The molecule has 72 valence electrons. The highest BCUT2D eigenvalue weighted by Crippen LogP contribution is 2.31. The number of hydrogen-bond donors (Lipinski definition) is 2. The number of imidazole rings is 1. The van der Waals surface area contributed by atoms with Crippen molar-refractivity contribution < 1.29 is 0 Å². The van der Waals surface area contributed by atoms with Crippen LogP contribution in [0.4, 0.5) is 5.69 Å². The molecule has 0 fully saturated rings. The summed E-state index contributed by atoms with van der Waals surface area (Å²) in [6, 6.07) is 5.76. The number of aromatic amines is 1. The number of anilines is 1. The first-order valence-electron chi connectivity index (χ1n) is 3.98. The van der Waals surface area contributed by atoms with Gasteiger partial charge < -0.3 is 10.7 Å². The molecule has 0 spiro atoms. The minimum Gasteiger partial charge on any atom is -0.398 e. The molecule has 0 aliphatic heterocycles. The average Bonchev–Trinajstić information content (AvgIpc) is 2.64. The van der Waals surface area contributed by atoms with Crippen molar-refractivity contribution in [2.24, 2.45) is 0 Å². The van der Waals surface area contributed by atoms with Crippen LogP contribution < -0.4 is 5.73 Å². The van der Waals surface area contributed by atoms with E-state index >= 15 is 0 Å². The maximum absolute atomic E-state index is 5.82. The maximum atomic E-state index is 5.82. The highest BCUT2D eigenvalue weighted by molar-refractivity contribution is 9.10. The fourth-order valence-electron chi connectivity index (χ4n) is 1.01. The smallest absolute Gasteiger partial charge is 0.170 e. The molecule has 3 nitrogen and oxygen atoms in total. The predicted octanol–water partition coefficient (Wildman–Crippen LogP) is 2.91. The van der Waals surface area contributed by atoms with Crippen LogP contribution in [0.25, 0.3) is 0 Å². The number of nitrogens with zero attached hydrogens (tertiary/aromatic N) is 1. The Labute approximate surface area is 94.2 Å². The number of H-pyrrole nitrogens is 1. The van der Waals surface area contributed by atoms with Gasteiger partial charge in [-0.15, -0.1) is 0 Å². The molecule has 0 radical (unpaired) electrons. The van der Waals surface area contributed by atoms with Gasteiger partial charge in [-0.3, -0.25) is 0 Å². The molecule has 5 heteroatoms. The van der Waals surface area contributed by atoms with Crippen molar-refractivity contribution in [3.8, 4) is 0 Å². The molecule has 1 aromatic carbocycles. The van der Waals surface area contributed by atoms with Crippen LogP contribution >= 0.6 is 27.7 Å². The molecular weight excluding hydrogens is 262 g/mol. The molecule has 3 N–H and O–H groups in total. The zero-order valence-electron chi connectivity index (χ0n) is 7.20. The zero-order chi connectivity index (χ0) is 9.97. The van der Waals surface area contributed by atoms with Crippen LogP contribution in [0.15, 0.2) is 45.1 Å². The molecule has 0 bridgehead atoms. The Hall–Kier alpha value is -0.940. The summed E-state index contributed by atoms with van der Waals surface area (Å²) in [7, 11) is 0. The van der Waals surface area contributed by atoms with Crippen LogP contribution in [0.2, 0.25) is 0 Å². The van der Waals surface area contributed by atoms with Gasteiger partial charge in [-0.2, -0.15) is 0 Å². The van der Waals surface area contributed by atoms with Crippen molar-refractivity contribution in [1.82, 2.24) is 9.97 Å². The molecule has 2 aromatic rings. The fraction of sp³-hybridized carbons (Fsp3) is 0. The number of rotatable bonds is 2. The molecule has 1 aromatic heterocycles. The molecule has 0 unspecified atom stereocenters. The van der Waals surface area contributed by atoms with Crippen LogP contribution in [0.1, 0.15) is 0 Å². The van der Waals surface area contributed by atoms with Gasteiger partial charge in [0.25, 0.3) is 0 Å². The van der Waals surface area contributed by atoms with Crippen LogP contribution in [-0.4, -0.2) is 9.97 Å². The largest absolute Gasteiger partial charge is 0.398 e. The summed E-state index contributed by atoms with van der Waals surface area (Å²) in [5.41, 5.74) is 6.58. The van der Waals surface area contributed by atoms with E-state index in [2.05, 4.69) is 25.9 Å². The predicted molar refractivity (Wildman–Crippen MR) is 61.3 cm³/mol. The van der Waals surface area contributed by atoms with Crippen molar-refractivity contribution in [2.45, 2.75) is 10.1 Å². The number of halogens is 1. The quantitative estimate of drug-likeness (QED) is 0.825. The molecular formula is C9H8BrN3S. The van der Waals surface area contributed by atoms with Crippen LogP contribution in [0.5, 0.6) is 0 Å². The summed E-state index contributed by atoms with van der Waals surface area (Å²) in [6.07, 6.45) is 3.51. The van der Waals surface area contributed by atoms with E-state index in [9.17, 15) is 0 Å². The number of nitrogens with two attached hydrogens (primary N) is 1. The third-order valence-electron chi connectivity index (χ3n) is 1.66. The minimum absolute atomic E-state index is 0.759. The summed E-state index contributed by atoms with van der Waals surface area (Å²) >= 11 is 4.91. The summed E-state index contributed by atoms with van der Waals surface area (Å²) in [5.74, 6) is 0. The van der Waals surface area contributed by atoms with Crippen molar-refractivity contribution in [3.05, 3.63) is 35.1 Å². The van der Waals surface area contributed by atoms with Crippen molar-refractivity contribution in [3.63, 3.8) is 0 Å². The van der Waals surface area contributed by atoms with Gasteiger partial charge in [-0.25, -0.2) is 4.98 Å². The second kappa shape index (κ2) is 4.06. The van der Waals surface area contributed by atoms with E-state index in [0.29, 0.717) is 0 Å². The Morgan fingerprint density at radius 3 is 3.00 bits per heavy atom. The standard InChI is InChI=1S/C9H8BrN3S/c10-6-1-2-7(11)8(5-6)14-9-12-3-4-13-9/h1-5H,11H2,(H,12,13). The van der Waals surface area contributed by atoms with Gasteiger partial charge in [0.05, 0.1) is 0 Å². The molecule has 0 saturated carbocycles. The van der Waals surface area contributed by atoms with Gasteiger partial charge in [0, 0.05) is 27.4 Å². The topological polar surface area (TPSA) is 54.7 Å². The third-order valence-corrected chi connectivity index (χ3v) is 3.14. The monoisotopic (exact) mass is 269 g/mol. The molecule has 0 saturated heterocycles. The fourth-order valence-corrected chi connectivity index (χ4v) is 2.34. The van der Waals surface area contributed by atoms with E-state index < -0.39 is 0 Å². The normalized spacial score (nSPS) is 10.4. The van der Waals surface area contributed by atoms with Gasteiger partial charge in [-0.1, -0.05) is 15.9 Å². The number of hydrogen-bond acceptors (Lipinski definition) is 3. The Balaban J connectivity index is 2.28. The number of benzene rings is 1. The Morgan fingerprint density at radius 2 is 2.29 bits per heavy atom. The van der Waals surface area contributed by atoms with E-state index in [4.69, 9.17) is 5.73 Å². The van der Waals surface area contributed by atoms with E-state index in [0.717, 1.165) is 20.2 Å². The molecule has 2 rings (SSSR count). The first-order chi connectivity index (χ1) is 6.75. The highest BCUT2D eigenvalue weighted by Gasteiger charge is 2.03. The van der Waals surface area contributed by atoms with Gasteiger partial charge in [0.2, 0.25) is 0 Å². The second-order valence-electron chi connectivity index (χ2n) is 2.68. The molecule has 0 aliphatic rings. The molecule has 0 aliphatic carbocycles. The first kappa shape index (κ1) is 9.61. The van der Waals surface area contributed by atoms with Crippen molar-refractivity contribution >= 4 is 33.4 Å². The average molecular weight is 270 g/mol. The minimum atomic E-state index is 0.759. The van der Waals surface area contributed by atoms with E-state index in [1.807, 2.05) is 18.2 Å². The number of nitrogen functional groups attached to an aromatic ring is 1. The van der Waals surface area contributed by atoms with E-state index in [-0.39, 0.29) is 0 Å². The Bertz CT molecular complexity index is 428. The Morgan fingerprint density at radius 1 is 1.43 bits per heavy atom. The van der Waals surface area contributed by atoms with Gasteiger partial charge >= 0.3 is 0 Å². The molecule has 1 heterocycles. The lowest BCUT2D eigenvalue weighted by Crippen LogP contribution is -1.88. The van der Waals surface area contributed by atoms with Gasteiger partial charge in [0.1, 0.15) is 0 Å². The maximum Gasteiger partial charge on any atom is 0.170 e. The summed E-state index contributed by atoms with van der Waals surface area (Å²) in [6.45, 7) is 0. The Kier molecular flexibility index (Phi) is 2.79. The molecule has 0 amide bonds. The first-order valence-corrected chi connectivity index (χ1v) is 5.59. The van der Waals surface area contributed by atoms with Crippen LogP contribution in [-0.2, 0) is 0 Å². The number of nitrogens with one attached hydrogen (secondary N) is 1. The van der Waals surface area contributed by atoms with Crippen LogP contribution in [0.3, 0.4) is 0 Å². The molecule has 0 atom stereocenters. The molecule has 14 heavy (non-hydrogen) atoms. The lowest BCUT2D eigenvalue weighted by Gasteiger charge is -2.03. The van der Waals surface area contributed by atoms with Crippen molar-refractivity contribution in [2.75, 3.05) is 5.73 Å².